The van der Waals surface area contributed by atoms with Gasteiger partial charge in [-0.3, -0.25) is 9.36 Å². The topological polar surface area (TPSA) is 77.4 Å². The number of benzene rings is 3. The first-order valence-corrected chi connectivity index (χ1v) is 13.4. The average molecular weight is 495 g/mol. The van der Waals surface area contributed by atoms with Gasteiger partial charge in [-0.15, -0.1) is 0 Å². The van der Waals surface area contributed by atoms with E-state index in [1.165, 1.54) is 0 Å². The highest BCUT2D eigenvalue weighted by molar-refractivity contribution is 7.89. The maximum absolute atomic E-state index is 13.4. The number of hydrogen-bond donors (Lipinski definition) is 1. The SMILES string of the molecule is Cc1ccc2c(c1)[C@H](NS(=O)(=O)c1ccc3c(c1)sc(=O)n3Cc1ccccc1)CC(C)(C)O2. The lowest BCUT2D eigenvalue weighted by molar-refractivity contribution is 0.0701. The zero-order chi connectivity index (χ0) is 24.1. The zero-order valence-electron chi connectivity index (χ0n) is 19.2. The van der Waals surface area contributed by atoms with Crippen LogP contribution >= 0.6 is 11.3 Å². The van der Waals surface area contributed by atoms with Crippen LogP contribution in [0.3, 0.4) is 0 Å². The van der Waals surface area contributed by atoms with Crippen LogP contribution in [-0.4, -0.2) is 18.6 Å². The lowest BCUT2D eigenvalue weighted by Crippen LogP contribution is -2.41. The normalized spacial score (nSPS) is 17.3. The Balaban J connectivity index is 1.48. The van der Waals surface area contributed by atoms with Crippen LogP contribution in [-0.2, 0) is 16.6 Å². The fourth-order valence-corrected chi connectivity index (χ4v) is 6.71. The summed E-state index contributed by atoms with van der Waals surface area (Å²) in [4.78, 5) is 12.7. The monoisotopic (exact) mass is 494 g/mol. The van der Waals surface area contributed by atoms with Crippen LogP contribution in [0, 0.1) is 6.92 Å². The van der Waals surface area contributed by atoms with Crippen LogP contribution in [0.4, 0.5) is 0 Å². The molecule has 0 aliphatic carbocycles. The Morgan fingerprint density at radius 3 is 2.62 bits per heavy atom. The Hall–Kier alpha value is -2.94. The first kappa shape index (κ1) is 22.8. The molecule has 176 valence electrons. The molecular weight excluding hydrogens is 468 g/mol. The van der Waals surface area contributed by atoms with E-state index >= 15 is 0 Å². The van der Waals surface area contributed by atoms with Crippen molar-refractivity contribution in [3.63, 3.8) is 0 Å². The van der Waals surface area contributed by atoms with E-state index in [-0.39, 0.29) is 9.77 Å². The molecule has 0 saturated heterocycles. The van der Waals surface area contributed by atoms with Crippen molar-refractivity contribution in [1.82, 2.24) is 9.29 Å². The summed E-state index contributed by atoms with van der Waals surface area (Å²) in [6.07, 6.45) is 0.506. The Morgan fingerprint density at radius 1 is 1.09 bits per heavy atom. The highest BCUT2D eigenvalue weighted by atomic mass is 32.2. The molecule has 5 rings (SSSR count). The van der Waals surface area contributed by atoms with Crippen LogP contribution in [0.15, 0.2) is 76.4 Å². The molecule has 0 unspecified atom stereocenters. The summed E-state index contributed by atoms with van der Waals surface area (Å²) in [7, 11) is -3.83. The van der Waals surface area contributed by atoms with Crippen molar-refractivity contribution >= 4 is 31.6 Å². The largest absolute Gasteiger partial charge is 0.487 e. The van der Waals surface area contributed by atoms with Crippen molar-refractivity contribution in [2.45, 2.75) is 50.3 Å². The van der Waals surface area contributed by atoms with Gasteiger partial charge in [0.25, 0.3) is 0 Å². The van der Waals surface area contributed by atoms with Gasteiger partial charge in [0.2, 0.25) is 10.0 Å². The van der Waals surface area contributed by atoms with E-state index in [0.717, 1.165) is 33.5 Å². The van der Waals surface area contributed by atoms with Crippen molar-refractivity contribution in [3.05, 3.63) is 93.1 Å². The quantitative estimate of drug-likeness (QED) is 0.424. The maximum atomic E-state index is 13.4. The number of nitrogens with zero attached hydrogens (tertiary/aromatic N) is 1. The van der Waals surface area contributed by atoms with Gasteiger partial charge in [-0.1, -0.05) is 59.4 Å². The fraction of sp³-hybridized carbons (Fsp3) is 0.269. The van der Waals surface area contributed by atoms with Crippen LogP contribution < -0.4 is 14.3 Å². The minimum absolute atomic E-state index is 0.114. The van der Waals surface area contributed by atoms with E-state index in [9.17, 15) is 13.2 Å². The number of sulfonamides is 1. The lowest BCUT2D eigenvalue weighted by atomic mass is 9.89. The second kappa shape index (κ2) is 8.37. The number of thiazole rings is 1. The van der Waals surface area contributed by atoms with Gasteiger partial charge < -0.3 is 4.74 Å². The van der Waals surface area contributed by atoms with E-state index < -0.39 is 21.7 Å². The third kappa shape index (κ3) is 4.41. The number of fused-ring (bicyclic) bond motifs is 2. The molecule has 1 aromatic heterocycles. The molecule has 1 aliphatic heterocycles. The van der Waals surface area contributed by atoms with Crippen molar-refractivity contribution in [3.8, 4) is 5.75 Å². The fourth-order valence-electron chi connectivity index (χ4n) is 4.46. The molecular formula is C26H26N2O4S2. The van der Waals surface area contributed by atoms with E-state index in [4.69, 9.17) is 4.74 Å². The standard InChI is InChI=1S/C26H26N2O4S2/c1-17-9-12-23-20(13-17)21(15-26(2,3)32-23)27-34(30,31)19-10-11-22-24(14-19)33-25(29)28(22)16-18-7-5-4-6-8-18/h4-14,21,27H,15-16H2,1-3H3/t21-/m1/s1. The van der Waals surface area contributed by atoms with Crippen molar-refractivity contribution < 1.29 is 13.2 Å². The zero-order valence-corrected chi connectivity index (χ0v) is 20.9. The first-order valence-electron chi connectivity index (χ1n) is 11.1. The van der Waals surface area contributed by atoms with Crippen LogP contribution in [0.25, 0.3) is 10.2 Å². The van der Waals surface area contributed by atoms with Crippen LogP contribution in [0.1, 0.15) is 43.0 Å². The maximum Gasteiger partial charge on any atom is 0.308 e. The van der Waals surface area contributed by atoms with Gasteiger partial charge in [-0.25, -0.2) is 13.1 Å². The Morgan fingerprint density at radius 2 is 1.85 bits per heavy atom. The number of aromatic nitrogens is 1. The second-order valence-electron chi connectivity index (χ2n) is 9.35. The third-order valence-corrected chi connectivity index (χ3v) is 8.46. The van der Waals surface area contributed by atoms with Gasteiger partial charge in [-0.05, 0) is 50.6 Å². The molecule has 8 heteroatoms. The predicted octanol–water partition coefficient (Wildman–Crippen LogP) is 5.00. The van der Waals surface area contributed by atoms with Gasteiger partial charge in [0.05, 0.1) is 27.7 Å². The number of aryl methyl sites for hydroxylation is 1. The number of hydrogen-bond acceptors (Lipinski definition) is 5. The van der Waals surface area contributed by atoms with E-state index in [1.807, 2.05) is 69.3 Å². The lowest BCUT2D eigenvalue weighted by Gasteiger charge is -2.38. The Kier molecular flexibility index (Phi) is 5.62. The molecule has 0 saturated carbocycles. The van der Waals surface area contributed by atoms with Gasteiger partial charge in [-0.2, -0.15) is 0 Å². The molecule has 2 heterocycles. The summed E-state index contributed by atoms with van der Waals surface area (Å²) >= 11 is 1.06. The van der Waals surface area contributed by atoms with Crippen LogP contribution in [0.5, 0.6) is 5.75 Å². The number of nitrogens with one attached hydrogen (secondary N) is 1. The van der Waals surface area contributed by atoms with E-state index in [0.29, 0.717) is 23.4 Å². The average Bonchev–Trinajstić information content (AvgIpc) is 3.08. The molecule has 0 bridgehead atoms. The molecule has 1 atom stereocenters. The smallest absolute Gasteiger partial charge is 0.308 e. The molecule has 0 spiro atoms. The molecule has 0 fully saturated rings. The number of rotatable bonds is 5. The predicted molar refractivity (Wildman–Crippen MR) is 135 cm³/mol. The summed E-state index contributed by atoms with van der Waals surface area (Å²) < 4.78 is 38.1. The van der Waals surface area contributed by atoms with E-state index in [1.54, 1.807) is 22.8 Å². The summed E-state index contributed by atoms with van der Waals surface area (Å²) in [5.41, 5.74) is 3.11. The number of ether oxygens (including phenoxy) is 1. The summed E-state index contributed by atoms with van der Waals surface area (Å²) in [6.45, 7) is 6.32. The molecule has 4 aromatic rings. The molecule has 6 nitrogen and oxygen atoms in total. The van der Waals surface area contributed by atoms with Crippen molar-refractivity contribution in [1.29, 1.82) is 0 Å². The van der Waals surface area contributed by atoms with Gasteiger partial charge in [0.15, 0.2) is 0 Å². The third-order valence-electron chi connectivity index (χ3n) is 6.05. The summed E-state index contributed by atoms with van der Waals surface area (Å²) in [6, 6.07) is 20.0. The highest BCUT2D eigenvalue weighted by Gasteiger charge is 2.36. The summed E-state index contributed by atoms with van der Waals surface area (Å²) in [5, 5.41) is 0. The minimum Gasteiger partial charge on any atom is -0.487 e. The Bertz CT molecular complexity index is 1540. The second-order valence-corrected chi connectivity index (χ2v) is 12.1. The molecule has 0 radical (unpaired) electrons. The van der Waals surface area contributed by atoms with Gasteiger partial charge >= 0.3 is 4.87 Å². The summed E-state index contributed by atoms with van der Waals surface area (Å²) in [5.74, 6) is 0.696. The molecule has 1 N–H and O–H groups in total. The van der Waals surface area contributed by atoms with Crippen molar-refractivity contribution in [2.75, 3.05) is 0 Å². The van der Waals surface area contributed by atoms with Gasteiger partial charge in [0, 0.05) is 12.0 Å². The van der Waals surface area contributed by atoms with Crippen LogP contribution in [0.2, 0.25) is 0 Å². The Labute approximate surface area is 202 Å². The molecule has 3 aromatic carbocycles. The van der Waals surface area contributed by atoms with Gasteiger partial charge in [0.1, 0.15) is 11.4 Å². The first-order chi connectivity index (χ1) is 16.1. The van der Waals surface area contributed by atoms with E-state index in [2.05, 4.69) is 4.72 Å². The van der Waals surface area contributed by atoms with Crippen molar-refractivity contribution in [2.24, 2.45) is 0 Å². The molecule has 1 aliphatic rings. The minimum atomic E-state index is -3.83. The highest BCUT2D eigenvalue weighted by Crippen LogP contribution is 2.40. The molecule has 0 amide bonds. The molecule has 34 heavy (non-hydrogen) atoms.